The summed E-state index contributed by atoms with van der Waals surface area (Å²) in [4.78, 5) is 47.1. The summed E-state index contributed by atoms with van der Waals surface area (Å²) in [7, 11) is 0. The van der Waals surface area contributed by atoms with Gasteiger partial charge in [-0.25, -0.2) is 0 Å². The zero-order valence-corrected chi connectivity index (χ0v) is 15.7. The summed E-state index contributed by atoms with van der Waals surface area (Å²) >= 11 is 0. The zero-order valence-electron chi connectivity index (χ0n) is 15.7. The molecular weight excluding hydrogens is 360 g/mol. The Labute approximate surface area is 162 Å². The monoisotopic (exact) mass is 382 g/mol. The van der Waals surface area contributed by atoms with Crippen molar-refractivity contribution < 1.29 is 23.9 Å². The number of hydrogen-bond acceptors (Lipinski definition) is 5. The fourth-order valence-electron chi connectivity index (χ4n) is 2.37. The van der Waals surface area contributed by atoms with Crippen molar-refractivity contribution in [3.8, 4) is 0 Å². The number of aryl methyl sites for hydroxylation is 1. The van der Waals surface area contributed by atoms with E-state index < -0.39 is 23.9 Å². The molecule has 0 aliphatic rings. The number of nitrogens with two attached hydrogens (primary N) is 1. The molecule has 0 aliphatic carbocycles. The number of esters is 1. The number of primary amides is 1. The zero-order chi connectivity index (χ0) is 20.7. The van der Waals surface area contributed by atoms with Crippen LogP contribution < -0.4 is 11.1 Å². The van der Waals surface area contributed by atoms with Crippen molar-refractivity contribution in [2.24, 2.45) is 5.73 Å². The molecule has 7 heteroatoms. The molecule has 2 aromatic carbocycles. The Morgan fingerprint density at radius 3 is 2.07 bits per heavy atom. The van der Waals surface area contributed by atoms with E-state index in [1.54, 1.807) is 12.1 Å². The van der Waals surface area contributed by atoms with E-state index >= 15 is 0 Å². The molecule has 2 aromatic rings. The lowest BCUT2D eigenvalue weighted by Gasteiger charge is -2.13. The first-order valence-corrected chi connectivity index (χ1v) is 8.76. The van der Waals surface area contributed by atoms with Crippen LogP contribution in [0.4, 0.5) is 5.69 Å². The minimum absolute atomic E-state index is 0.00477. The second-order valence-electron chi connectivity index (χ2n) is 6.35. The summed E-state index contributed by atoms with van der Waals surface area (Å²) in [5.41, 5.74) is 7.48. The number of rotatable bonds is 8. The van der Waals surface area contributed by atoms with E-state index in [2.05, 4.69) is 5.32 Å². The van der Waals surface area contributed by atoms with Crippen LogP contribution in [0, 0.1) is 6.92 Å². The van der Waals surface area contributed by atoms with E-state index in [4.69, 9.17) is 10.5 Å². The molecular formula is C21H22N2O5. The van der Waals surface area contributed by atoms with Gasteiger partial charge in [-0.05, 0) is 38.1 Å². The molecule has 0 saturated carbocycles. The summed E-state index contributed by atoms with van der Waals surface area (Å²) in [5, 5.41) is 2.57. The number of ketones is 1. The van der Waals surface area contributed by atoms with E-state index in [1.165, 1.54) is 31.2 Å². The minimum atomic E-state index is -1.03. The number of nitrogens with one attached hydrogen (secondary N) is 1. The van der Waals surface area contributed by atoms with Crippen LogP contribution in [0.2, 0.25) is 0 Å². The van der Waals surface area contributed by atoms with Gasteiger partial charge in [0, 0.05) is 23.2 Å². The van der Waals surface area contributed by atoms with Crippen LogP contribution in [-0.2, 0) is 14.3 Å². The molecule has 0 unspecified atom stereocenters. The third-order valence-electron chi connectivity index (χ3n) is 4.04. The molecule has 7 nitrogen and oxygen atoms in total. The van der Waals surface area contributed by atoms with Crippen LogP contribution in [0.25, 0.3) is 0 Å². The Balaban J connectivity index is 1.80. The van der Waals surface area contributed by atoms with Crippen LogP contribution in [0.15, 0.2) is 48.5 Å². The van der Waals surface area contributed by atoms with Crippen LogP contribution in [0.1, 0.15) is 46.0 Å². The van der Waals surface area contributed by atoms with E-state index in [0.29, 0.717) is 16.8 Å². The van der Waals surface area contributed by atoms with Crippen LogP contribution in [-0.4, -0.2) is 29.7 Å². The van der Waals surface area contributed by atoms with Crippen molar-refractivity contribution in [2.75, 3.05) is 5.32 Å². The lowest BCUT2D eigenvalue weighted by molar-refractivity contribution is -0.153. The van der Waals surface area contributed by atoms with Crippen LogP contribution in [0.5, 0.6) is 0 Å². The standard InChI is InChI=1S/C21H22N2O5/c1-13-3-5-15(6-4-13)18(24)11-12-19(25)28-14(2)21(27)23-17-9-7-16(8-10-17)20(22)26/h3-10,14H,11-12H2,1-2H3,(H2,22,26)(H,23,27)/t14-/m0/s1. The average Bonchev–Trinajstić information content (AvgIpc) is 2.67. The van der Waals surface area contributed by atoms with Crippen molar-refractivity contribution in [1.29, 1.82) is 0 Å². The summed E-state index contributed by atoms with van der Waals surface area (Å²) in [6.45, 7) is 3.36. The maximum absolute atomic E-state index is 12.1. The summed E-state index contributed by atoms with van der Waals surface area (Å²) in [6, 6.07) is 13.1. The molecule has 0 heterocycles. The van der Waals surface area contributed by atoms with Crippen molar-refractivity contribution >= 4 is 29.3 Å². The Morgan fingerprint density at radius 1 is 0.929 bits per heavy atom. The minimum Gasteiger partial charge on any atom is -0.453 e. The van der Waals surface area contributed by atoms with Gasteiger partial charge >= 0.3 is 5.97 Å². The van der Waals surface area contributed by atoms with Crippen LogP contribution >= 0.6 is 0 Å². The van der Waals surface area contributed by atoms with E-state index in [1.807, 2.05) is 19.1 Å². The van der Waals surface area contributed by atoms with Crippen molar-refractivity contribution in [2.45, 2.75) is 32.8 Å². The molecule has 0 fully saturated rings. The number of benzene rings is 2. The molecule has 0 aromatic heterocycles. The maximum Gasteiger partial charge on any atom is 0.307 e. The molecule has 0 aliphatic heterocycles. The molecule has 0 saturated heterocycles. The number of ether oxygens (including phenoxy) is 1. The number of Topliss-reactive ketones (excluding diaryl/α,β-unsaturated/α-hetero) is 1. The third-order valence-corrected chi connectivity index (χ3v) is 4.04. The molecule has 1 atom stereocenters. The summed E-state index contributed by atoms with van der Waals surface area (Å²) in [5.74, 6) is -1.89. The highest BCUT2D eigenvalue weighted by atomic mass is 16.5. The highest BCUT2D eigenvalue weighted by Gasteiger charge is 2.19. The third kappa shape index (κ3) is 6.05. The molecule has 0 bridgehead atoms. The molecule has 0 spiro atoms. The van der Waals surface area contributed by atoms with Gasteiger partial charge in [-0.15, -0.1) is 0 Å². The number of amides is 2. The lowest BCUT2D eigenvalue weighted by Crippen LogP contribution is -2.30. The van der Waals surface area contributed by atoms with Gasteiger partial charge in [0.15, 0.2) is 11.9 Å². The molecule has 2 amide bonds. The normalized spacial score (nSPS) is 11.4. The van der Waals surface area contributed by atoms with Crippen molar-refractivity contribution in [3.63, 3.8) is 0 Å². The fourth-order valence-corrected chi connectivity index (χ4v) is 2.37. The predicted octanol–water partition coefficient (Wildman–Crippen LogP) is 2.63. The average molecular weight is 382 g/mol. The van der Waals surface area contributed by atoms with Gasteiger partial charge in [-0.1, -0.05) is 29.8 Å². The lowest BCUT2D eigenvalue weighted by atomic mass is 10.1. The molecule has 3 N–H and O–H groups in total. The largest absolute Gasteiger partial charge is 0.453 e. The van der Waals surface area contributed by atoms with Gasteiger partial charge < -0.3 is 15.8 Å². The Bertz CT molecular complexity index is 873. The Kier molecular flexibility index (Phi) is 7.03. The maximum atomic E-state index is 12.1. The molecule has 28 heavy (non-hydrogen) atoms. The van der Waals surface area contributed by atoms with Crippen molar-refractivity contribution in [3.05, 3.63) is 65.2 Å². The first kappa shape index (κ1) is 20.8. The van der Waals surface area contributed by atoms with E-state index in [-0.39, 0.29) is 18.6 Å². The van der Waals surface area contributed by atoms with Gasteiger partial charge in [0.05, 0.1) is 6.42 Å². The number of carbonyl (C=O) groups is 4. The topological polar surface area (TPSA) is 116 Å². The number of anilines is 1. The fraction of sp³-hybridized carbons (Fsp3) is 0.238. The second-order valence-corrected chi connectivity index (χ2v) is 6.35. The summed E-state index contributed by atoms with van der Waals surface area (Å²) in [6.07, 6.45) is -1.14. The van der Waals surface area contributed by atoms with Crippen LogP contribution in [0.3, 0.4) is 0 Å². The SMILES string of the molecule is Cc1ccc(C(=O)CCC(=O)O[C@@H](C)C(=O)Nc2ccc(C(N)=O)cc2)cc1. The molecule has 0 radical (unpaired) electrons. The quantitative estimate of drug-likeness (QED) is 0.538. The van der Waals surface area contributed by atoms with Gasteiger partial charge in [-0.3, -0.25) is 19.2 Å². The molecule has 146 valence electrons. The Hall–Kier alpha value is -3.48. The number of carbonyl (C=O) groups excluding carboxylic acids is 4. The first-order valence-electron chi connectivity index (χ1n) is 8.76. The van der Waals surface area contributed by atoms with E-state index in [9.17, 15) is 19.2 Å². The van der Waals surface area contributed by atoms with Gasteiger partial charge in [0.25, 0.3) is 5.91 Å². The van der Waals surface area contributed by atoms with Crippen molar-refractivity contribution in [1.82, 2.24) is 0 Å². The first-order chi connectivity index (χ1) is 13.3. The number of hydrogen-bond donors (Lipinski definition) is 2. The van der Waals surface area contributed by atoms with E-state index in [0.717, 1.165) is 5.56 Å². The summed E-state index contributed by atoms with van der Waals surface area (Å²) < 4.78 is 5.07. The second kappa shape index (κ2) is 9.45. The van der Waals surface area contributed by atoms with Gasteiger partial charge in [0.1, 0.15) is 0 Å². The Morgan fingerprint density at radius 2 is 1.50 bits per heavy atom. The van der Waals surface area contributed by atoms with Gasteiger partial charge in [0.2, 0.25) is 5.91 Å². The smallest absolute Gasteiger partial charge is 0.307 e. The molecule has 2 rings (SSSR count). The highest BCUT2D eigenvalue weighted by molar-refractivity contribution is 5.98. The van der Waals surface area contributed by atoms with Gasteiger partial charge in [-0.2, -0.15) is 0 Å². The highest BCUT2D eigenvalue weighted by Crippen LogP contribution is 2.11. The predicted molar refractivity (Wildman–Crippen MR) is 104 cm³/mol.